The quantitative estimate of drug-likeness (QED) is 0.440. The number of pyridine rings is 2. The molecule has 0 amide bonds. The summed E-state index contributed by atoms with van der Waals surface area (Å²) in [6.45, 7) is 7.20. The van der Waals surface area contributed by atoms with Crippen molar-refractivity contribution in [2.24, 2.45) is 16.5 Å². The number of H-pyrrole nitrogens is 1. The maximum absolute atomic E-state index is 12.5. The van der Waals surface area contributed by atoms with E-state index in [-0.39, 0.29) is 11.4 Å². The van der Waals surface area contributed by atoms with E-state index >= 15 is 0 Å². The smallest absolute Gasteiger partial charge is 0.259 e. The lowest BCUT2D eigenvalue weighted by Gasteiger charge is -2.28. The van der Waals surface area contributed by atoms with E-state index in [9.17, 15) is 4.79 Å². The van der Waals surface area contributed by atoms with Crippen LogP contribution < -0.4 is 27.2 Å². The van der Waals surface area contributed by atoms with E-state index in [1.54, 1.807) is 12.3 Å². The number of ether oxygens (including phenoxy) is 1. The summed E-state index contributed by atoms with van der Waals surface area (Å²) in [5.41, 5.74) is 13.6. The Morgan fingerprint density at radius 3 is 2.69 bits per heavy atom. The predicted octanol–water partition coefficient (Wildman–Crippen LogP) is 2.30. The van der Waals surface area contributed by atoms with Gasteiger partial charge in [-0.2, -0.15) is 0 Å². The molecule has 9 nitrogen and oxygen atoms in total. The standard InChI is InChI=1S/C23H25N7O2/c1-15(13-26-14-20(24)25)19-12-16-6-7-27-23(31)21(16)22(29-19)28-17-2-4-18(5-3-17)30-8-10-32-11-9-30/h2-7,12-14H,1,8-11,24-25H2,(H,27,31)(H,28,29). The molecule has 0 saturated carbocycles. The fourth-order valence-electron chi connectivity index (χ4n) is 3.46. The maximum atomic E-state index is 12.5. The van der Waals surface area contributed by atoms with Crippen LogP contribution in [-0.2, 0) is 4.74 Å². The molecular weight excluding hydrogens is 406 g/mol. The van der Waals surface area contributed by atoms with Gasteiger partial charge in [0.2, 0.25) is 0 Å². The first-order valence-corrected chi connectivity index (χ1v) is 10.2. The number of aromatic nitrogens is 2. The number of allylic oxidation sites excluding steroid dienone is 1. The third-order valence-corrected chi connectivity index (χ3v) is 5.04. The van der Waals surface area contributed by atoms with Gasteiger partial charge >= 0.3 is 0 Å². The SMILES string of the molecule is C=C(C=NC=C(N)N)c1cc2cc[nH]c(=O)c2c(Nc2ccc(N3CCOCC3)cc2)n1. The van der Waals surface area contributed by atoms with Gasteiger partial charge in [0.25, 0.3) is 5.56 Å². The minimum absolute atomic E-state index is 0.0925. The first-order chi connectivity index (χ1) is 15.5. The van der Waals surface area contributed by atoms with Crippen LogP contribution in [0.3, 0.4) is 0 Å². The predicted molar refractivity (Wildman–Crippen MR) is 129 cm³/mol. The van der Waals surface area contributed by atoms with Crippen LogP contribution in [0.1, 0.15) is 5.69 Å². The van der Waals surface area contributed by atoms with Crippen LogP contribution in [0.25, 0.3) is 16.3 Å². The molecule has 0 atom stereocenters. The molecule has 0 radical (unpaired) electrons. The van der Waals surface area contributed by atoms with Crippen LogP contribution in [0.2, 0.25) is 0 Å². The number of nitrogens with two attached hydrogens (primary N) is 2. The van der Waals surface area contributed by atoms with E-state index < -0.39 is 0 Å². The average molecular weight is 432 g/mol. The van der Waals surface area contributed by atoms with Crippen molar-refractivity contribution in [1.82, 2.24) is 9.97 Å². The number of benzene rings is 1. The van der Waals surface area contributed by atoms with E-state index in [4.69, 9.17) is 16.2 Å². The van der Waals surface area contributed by atoms with Crippen molar-refractivity contribution in [2.45, 2.75) is 0 Å². The maximum Gasteiger partial charge on any atom is 0.259 e. The second-order valence-electron chi connectivity index (χ2n) is 7.33. The second-order valence-corrected chi connectivity index (χ2v) is 7.33. The Morgan fingerprint density at radius 2 is 1.97 bits per heavy atom. The highest BCUT2D eigenvalue weighted by Gasteiger charge is 2.13. The number of hydrogen-bond acceptors (Lipinski definition) is 8. The van der Waals surface area contributed by atoms with E-state index in [1.807, 2.05) is 30.3 Å². The summed E-state index contributed by atoms with van der Waals surface area (Å²) in [6.07, 6.45) is 4.44. The number of aliphatic imine (C=N–C) groups is 1. The number of rotatable bonds is 6. The monoisotopic (exact) mass is 431 g/mol. The topological polar surface area (TPSA) is 135 Å². The Balaban J connectivity index is 1.66. The van der Waals surface area contributed by atoms with Crippen molar-refractivity contribution in [3.63, 3.8) is 0 Å². The molecule has 32 heavy (non-hydrogen) atoms. The lowest BCUT2D eigenvalue weighted by atomic mass is 10.1. The van der Waals surface area contributed by atoms with Gasteiger partial charge < -0.3 is 31.4 Å². The van der Waals surface area contributed by atoms with Gasteiger partial charge in [0, 0.05) is 42.4 Å². The van der Waals surface area contributed by atoms with Crippen LogP contribution in [0.4, 0.5) is 17.2 Å². The highest BCUT2D eigenvalue weighted by molar-refractivity contribution is 6.10. The van der Waals surface area contributed by atoms with Gasteiger partial charge in [0.05, 0.1) is 30.5 Å². The molecule has 0 bridgehead atoms. The van der Waals surface area contributed by atoms with E-state index in [0.717, 1.165) is 43.1 Å². The summed E-state index contributed by atoms with van der Waals surface area (Å²) in [6, 6.07) is 11.6. The van der Waals surface area contributed by atoms with Crippen molar-refractivity contribution in [2.75, 3.05) is 36.5 Å². The zero-order valence-electron chi connectivity index (χ0n) is 17.5. The summed E-state index contributed by atoms with van der Waals surface area (Å²) in [4.78, 5) is 26.2. The fraction of sp³-hybridized carbons (Fsp3) is 0.174. The van der Waals surface area contributed by atoms with Gasteiger partial charge in [-0.25, -0.2) is 4.98 Å². The number of hydrogen-bond donors (Lipinski definition) is 4. The van der Waals surface area contributed by atoms with Gasteiger partial charge in [0.15, 0.2) is 0 Å². The largest absolute Gasteiger partial charge is 0.384 e. The molecule has 1 saturated heterocycles. The summed E-state index contributed by atoms with van der Waals surface area (Å²) in [5.74, 6) is 0.525. The Morgan fingerprint density at radius 1 is 1.22 bits per heavy atom. The molecule has 2 aromatic heterocycles. The molecule has 1 aliphatic heterocycles. The Bertz CT molecular complexity index is 1240. The number of anilines is 3. The van der Waals surface area contributed by atoms with Crippen molar-refractivity contribution >= 4 is 39.8 Å². The minimum atomic E-state index is -0.230. The summed E-state index contributed by atoms with van der Waals surface area (Å²) in [7, 11) is 0. The fourth-order valence-corrected chi connectivity index (χ4v) is 3.46. The number of nitrogens with one attached hydrogen (secondary N) is 2. The van der Waals surface area contributed by atoms with Crippen molar-refractivity contribution in [1.29, 1.82) is 0 Å². The van der Waals surface area contributed by atoms with E-state index in [1.165, 1.54) is 12.4 Å². The molecule has 1 fully saturated rings. The van der Waals surface area contributed by atoms with Crippen LogP contribution >= 0.6 is 0 Å². The normalized spacial score (nSPS) is 13.9. The molecule has 0 spiro atoms. The van der Waals surface area contributed by atoms with Gasteiger partial charge in [-0.1, -0.05) is 6.58 Å². The number of fused-ring (bicyclic) bond motifs is 1. The molecule has 0 aliphatic carbocycles. The molecule has 3 aromatic rings. The lowest BCUT2D eigenvalue weighted by Crippen LogP contribution is -2.36. The highest BCUT2D eigenvalue weighted by Crippen LogP contribution is 2.26. The summed E-state index contributed by atoms with van der Waals surface area (Å²) in [5, 5.41) is 4.47. The Kier molecular flexibility index (Phi) is 6.18. The summed E-state index contributed by atoms with van der Waals surface area (Å²) >= 11 is 0. The lowest BCUT2D eigenvalue weighted by molar-refractivity contribution is 0.122. The summed E-state index contributed by atoms with van der Waals surface area (Å²) < 4.78 is 5.42. The molecule has 9 heteroatoms. The molecule has 3 heterocycles. The van der Waals surface area contributed by atoms with Crippen LogP contribution in [0.15, 0.2) is 71.0 Å². The van der Waals surface area contributed by atoms with E-state index in [2.05, 4.69) is 31.8 Å². The first kappa shape index (κ1) is 21.1. The van der Waals surface area contributed by atoms with Crippen LogP contribution in [-0.4, -0.2) is 42.5 Å². The zero-order valence-corrected chi connectivity index (χ0v) is 17.5. The molecular formula is C23H25N7O2. The molecule has 0 unspecified atom stereocenters. The van der Waals surface area contributed by atoms with Crippen molar-refractivity contribution in [3.8, 4) is 0 Å². The van der Waals surface area contributed by atoms with E-state index in [0.29, 0.717) is 22.5 Å². The van der Waals surface area contributed by atoms with Gasteiger partial charge in [0.1, 0.15) is 11.6 Å². The number of nitrogens with zero attached hydrogens (tertiary/aromatic N) is 3. The van der Waals surface area contributed by atoms with Crippen LogP contribution in [0, 0.1) is 0 Å². The zero-order chi connectivity index (χ0) is 22.5. The number of aromatic amines is 1. The van der Waals surface area contributed by atoms with Crippen LogP contribution in [0.5, 0.6) is 0 Å². The third-order valence-electron chi connectivity index (χ3n) is 5.04. The molecule has 1 aromatic carbocycles. The third kappa shape index (κ3) is 4.79. The molecule has 6 N–H and O–H groups in total. The molecule has 4 rings (SSSR count). The van der Waals surface area contributed by atoms with Gasteiger partial charge in [-0.05, 0) is 41.8 Å². The van der Waals surface area contributed by atoms with Crippen molar-refractivity contribution in [3.05, 3.63) is 77.2 Å². The Labute approximate surface area is 185 Å². The molecule has 164 valence electrons. The first-order valence-electron chi connectivity index (χ1n) is 10.2. The number of morpholine rings is 1. The van der Waals surface area contributed by atoms with Gasteiger partial charge in [-0.3, -0.25) is 9.79 Å². The average Bonchev–Trinajstić information content (AvgIpc) is 2.79. The molecule has 1 aliphatic rings. The Hall–Kier alpha value is -4.11. The highest BCUT2D eigenvalue weighted by atomic mass is 16.5. The van der Waals surface area contributed by atoms with Crippen molar-refractivity contribution < 1.29 is 4.74 Å². The van der Waals surface area contributed by atoms with Gasteiger partial charge in [-0.15, -0.1) is 0 Å². The second kappa shape index (κ2) is 9.36. The minimum Gasteiger partial charge on any atom is -0.384 e.